The molecule has 1 aliphatic heterocycles. The largest absolute Gasteiger partial charge is 0.487 e. The first-order valence-corrected chi connectivity index (χ1v) is 9.30. The molecule has 3 aromatic rings. The normalized spacial score (nSPS) is 17.6. The highest BCUT2D eigenvalue weighted by Gasteiger charge is 2.29. The zero-order valence-electron chi connectivity index (χ0n) is 14.5. The van der Waals surface area contributed by atoms with E-state index in [-0.39, 0.29) is 23.3 Å². The molecule has 1 atom stereocenters. The molecule has 0 N–H and O–H groups in total. The number of amides is 1. The Kier molecular flexibility index (Phi) is 4.73. The van der Waals surface area contributed by atoms with Gasteiger partial charge in [0.1, 0.15) is 12.0 Å². The molecule has 0 aromatic carbocycles. The van der Waals surface area contributed by atoms with Gasteiger partial charge in [0, 0.05) is 19.0 Å². The number of carbonyl (C=O) groups is 1. The summed E-state index contributed by atoms with van der Waals surface area (Å²) >= 11 is 1.29. The molecule has 142 valence electrons. The van der Waals surface area contributed by atoms with Crippen LogP contribution in [0, 0.1) is 0 Å². The molecule has 1 amide bonds. The standard InChI is InChI=1S/C17H17F2N5O2S/c1-26-14-5-4-13(27-14)16(25)23-6-2-3-10(8-23)11-7-12(15(18)19)24-17(22-11)20-9-21-24/h4-5,7,9-10,15H,2-3,6,8H2,1H3/t10-/m0/s1. The van der Waals surface area contributed by atoms with Gasteiger partial charge in [-0.15, -0.1) is 0 Å². The minimum Gasteiger partial charge on any atom is -0.487 e. The van der Waals surface area contributed by atoms with Gasteiger partial charge in [0.15, 0.2) is 5.06 Å². The summed E-state index contributed by atoms with van der Waals surface area (Å²) in [5.41, 5.74) is 0.283. The van der Waals surface area contributed by atoms with Crippen molar-refractivity contribution in [3.63, 3.8) is 0 Å². The lowest BCUT2D eigenvalue weighted by Gasteiger charge is -2.32. The van der Waals surface area contributed by atoms with Crippen LogP contribution in [-0.4, -0.2) is 50.6 Å². The molecule has 0 spiro atoms. The lowest BCUT2D eigenvalue weighted by atomic mass is 9.94. The molecular weight excluding hydrogens is 376 g/mol. The maximum Gasteiger partial charge on any atom is 0.280 e. The monoisotopic (exact) mass is 393 g/mol. The van der Waals surface area contributed by atoms with E-state index in [1.54, 1.807) is 24.1 Å². The molecule has 4 rings (SSSR count). The van der Waals surface area contributed by atoms with Gasteiger partial charge in [0.05, 0.1) is 17.7 Å². The Bertz CT molecular complexity index is 973. The van der Waals surface area contributed by atoms with E-state index in [2.05, 4.69) is 15.1 Å². The quantitative estimate of drug-likeness (QED) is 0.681. The first-order valence-electron chi connectivity index (χ1n) is 8.48. The number of rotatable bonds is 4. The molecule has 0 saturated carbocycles. The molecule has 0 unspecified atom stereocenters. The van der Waals surface area contributed by atoms with Crippen molar-refractivity contribution in [2.24, 2.45) is 0 Å². The van der Waals surface area contributed by atoms with Gasteiger partial charge in [-0.3, -0.25) is 4.79 Å². The predicted octanol–water partition coefficient (Wildman–Crippen LogP) is 3.15. The van der Waals surface area contributed by atoms with Gasteiger partial charge < -0.3 is 9.64 Å². The molecule has 0 aliphatic carbocycles. The van der Waals surface area contributed by atoms with Gasteiger partial charge in [-0.25, -0.2) is 13.8 Å². The molecule has 1 fully saturated rings. The first-order chi connectivity index (χ1) is 13.1. The van der Waals surface area contributed by atoms with E-state index in [0.717, 1.165) is 17.4 Å². The zero-order valence-corrected chi connectivity index (χ0v) is 15.3. The Balaban J connectivity index is 1.59. The number of piperidine rings is 1. The van der Waals surface area contributed by atoms with Crippen molar-refractivity contribution in [2.75, 3.05) is 20.2 Å². The van der Waals surface area contributed by atoms with Crippen LogP contribution in [0.25, 0.3) is 5.78 Å². The van der Waals surface area contributed by atoms with E-state index in [9.17, 15) is 13.6 Å². The second kappa shape index (κ2) is 7.18. The van der Waals surface area contributed by atoms with Crippen molar-refractivity contribution in [1.82, 2.24) is 24.5 Å². The van der Waals surface area contributed by atoms with Crippen LogP contribution in [-0.2, 0) is 0 Å². The fourth-order valence-electron chi connectivity index (χ4n) is 3.32. The number of alkyl halides is 2. The van der Waals surface area contributed by atoms with E-state index in [0.29, 0.717) is 28.7 Å². The average molecular weight is 393 g/mol. The Morgan fingerprint density at radius 1 is 1.41 bits per heavy atom. The topological polar surface area (TPSA) is 72.6 Å². The van der Waals surface area contributed by atoms with Crippen molar-refractivity contribution in [2.45, 2.75) is 25.2 Å². The number of thiophene rings is 1. The minimum absolute atomic E-state index is 0.0781. The van der Waals surface area contributed by atoms with Crippen molar-refractivity contribution < 1.29 is 18.3 Å². The maximum absolute atomic E-state index is 13.4. The van der Waals surface area contributed by atoms with Crippen LogP contribution in [0.2, 0.25) is 0 Å². The van der Waals surface area contributed by atoms with Gasteiger partial charge in [0.2, 0.25) is 0 Å². The summed E-state index contributed by atoms with van der Waals surface area (Å²) in [6.07, 6.45) is 0.0784. The second-order valence-corrected chi connectivity index (χ2v) is 7.34. The van der Waals surface area contributed by atoms with Crippen molar-refractivity contribution in [1.29, 1.82) is 0 Å². The minimum atomic E-state index is -2.68. The third-order valence-corrected chi connectivity index (χ3v) is 5.68. The van der Waals surface area contributed by atoms with E-state index in [1.165, 1.54) is 23.7 Å². The number of hydrogen-bond donors (Lipinski definition) is 0. The highest BCUT2D eigenvalue weighted by Crippen LogP contribution is 2.31. The van der Waals surface area contributed by atoms with E-state index in [4.69, 9.17) is 4.74 Å². The summed E-state index contributed by atoms with van der Waals surface area (Å²) in [6, 6.07) is 4.87. The van der Waals surface area contributed by atoms with Gasteiger partial charge in [-0.05, 0) is 31.0 Å². The Labute approximate surface area is 157 Å². The second-order valence-electron chi connectivity index (χ2n) is 6.29. The van der Waals surface area contributed by atoms with Gasteiger partial charge in [-0.1, -0.05) is 11.3 Å². The smallest absolute Gasteiger partial charge is 0.280 e. The summed E-state index contributed by atoms with van der Waals surface area (Å²) in [6.45, 7) is 1.06. The summed E-state index contributed by atoms with van der Waals surface area (Å²) in [4.78, 5) is 23.4. The number of methoxy groups -OCH3 is 1. The lowest BCUT2D eigenvalue weighted by molar-refractivity contribution is 0.0710. The van der Waals surface area contributed by atoms with Crippen molar-refractivity contribution >= 4 is 23.0 Å². The highest BCUT2D eigenvalue weighted by atomic mass is 32.1. The molecule has 3 aromatic heterocycles. The molecule has 27 heavy (non-hydrogen) atoms. The van der Waals surface area contributed by atoms with Crippen LogP contribution in [0.3, 0.4) is 0 Å². The first kappa shape index (κ1) is 17.8. The summed E-state index contributed by atoms with van der Waals surface area (Å²) in [7, 11) is 1.56. The van der Waals surface area contributed by atoms with Crippen LogP contribution in [0.1, 0.15) is 46.2 Å². The Morgan fingerprint density at radius 3 is 3.00 bits per heavy atom. The number of ether oxygens (including phenoxy) is 1. The predicted molar refractivity (Wildman–Crippen MR) is 94.5 cm³/mol. The number of carbonyl (C=O) groups excluding carboxylic acids is 1. The van der Waals surface area contributed by atoms with Gasteiger partial charge in [0.25, 0.3) is 18.1 Å². The highest BCUT2D eigenvalue weighted by molar-refractivity contribution is 7.15. The van der Waals surface area contributed by atoms with Crippen LogP contribution in [0.4, 0.5) is 8.78 Å². The van der Waals surface area contributed by atoms with Gasteiger partial charge >= 0.3 is 0 Å². The summed E-state index contributed by atoms with van der Waals surface area (Å²) in [5, 5.41) is 4.48. The zero-order chi connectivity index (χ0) is 19.0. The molecule has 1 saturated heterocycles. The van der Waals surface area contributed by atoms with E-state index in [1.807, 2.05) is 0 Å². The summed E-state index contributed by atoms with van der Waals surface area (Å²) in [5.74, 6) is -0.0522. The average Bonchev–Trinajstić information content (AvgIpc) is 3.35. The Morgan fingerprint density at radius 2 is 2.26 bits per heavy atom. The third-order valence-electron chi connectivity index (χ3n) is 4.64. The molecule has 1 aliphatic rings. The lowest BCUT2D eigenvalue weighted by Crippen LogP contribution is -2.39. The molecule has 10 heteroatoms. The molecule has 0 bridgehead atoms. The molecule has 7 nitrogen and oxygen atoms in total. The van der Waals surface area contributed by atoms with Crippen LogP contribution >= 0.6 is 11.3 Å². The van der Waals surface area contributed by atoms with Crippen molar-refractivity contribution in [3.05, 3.63) is 40.8 Å². The van der Waals surface area contributed by atoms with Crippen LogP contribution < -0.4 is 4.74 Å². The number of nitrogens with zero attached hydrogens (tertiary/aromatic N) is 5. The number of likely N-dealkylation sites (tertiary alicyclic amines) is 1. The maximum atomic E-state index is 13.4. The molecule has 0 radical (unpaired) electrons. The SMILES string of the molecule is COc1ccc(C(=O)N2CCC[C@H](c3cc(C(F)F)n4ncnc4n3)C2)s1. The number of fused-ring (bicyclic) bond motifs is 1. The fraction of sp³-hybridized carbons (Fsp3) is 0.412. The van der Waals surface area contributed by atoms with Crippen molar-refractivity contribution in [3.8, 4) is 5.06 Å². The molecule has 4 heterocycles. The number of aromatic nitrogens is 4. The summed E-state index contributed by atoms with van der Waals surface area (Å²) < 4.78 is 33.0. The fourth-order valence-corrected chi connectivity index (χ4v) is 4.11. The van der Waals surface area contributed by atoms with Crippen LogP contribution in [0.5, 0.6) is 5.06 Å². The van der Waals surface area contributed by atoms with Crippen LogP contribution in [0.15, 0.2) is 24.5 Å². The molecular formula is C17H17F2N5O2S. The number of halogens is 2. The van der Waals surface area contributed by atoms with E-state index >= 15 is 0 Å². The number of hydrogen-bond acceptors (Lipinski definition) is 6. The third kappa shape index (κ3) is 3.36. The Hall–Kier alpha value is -2.62. The van der Waals surface area contributed by atoms with Gasteiger partial charge in [-0.2, -0.15) is 14.6 Å². The van der Waals surface area contributed by atoms with E-state index < -0.39 is 6.43 Å².